The van der Waals surface area contributed by atoms with E-state index in [9.17, 15) is 20.0 Å². The van der Waals surface area contributed by atoms with E-state index in [1.54, 1.807) is 24.3 Å². The normalized spacial score (nSPS) is 12.5. The van der Waals surface area contributed by atoms with E-state index in [1.165, 1.54) is 6.07 Å². The third-order valence-corrected chi connectivity index (χ3v) is 3.89. The van der Waals surface area contributed by atoms with Crippen LogP contribution in [0.15, 0.2) is 30.3 Å². The van der Waals surface area contributed by atoms with Crippen molar-refractivity contribution in [2.45, 2.75) is 19.8 Å². The topological polar surface area (TPSA) is 78.2 Å². The molecule has 0 radical (unpaired) electrons. The monoisotopic (exact) mass is 291 g/mol. The zero-order valence-corrected chi connectivity index (χ0v) is 12.0. The Labute approximate surface area is 127 Å². The molecule has 0 fully saturated rings. The summed E-state index contributed by atoms with van der Waals surface area (Å²) in [6.45, 7) is 1.94. The second-order valence-corrected chi connectivity index (χ2v) is 5.25. The van der Waals surface area contributed by atoms with Crippen LogP contribution in [0, 0.1) is 11.3 Å². The number of fused-ring (bicyclic) bond motifs is 2. The Morgan fingerprint density at radius 3 is 2.23 bits per heavy atom. The number of carbonyl (C=O) groups is 2. The van der Waals surface area contributed by atoms with Gasteiger partial charge in [0.05, 0.1) is 22.8 Å². The number of phenolic OH excluding ortho intramolecular Hbond substituents is 1. The summed E-state index contributed by atoms with van der Waals surface area (Å²) >= 11 is 0. The number of aromatic hydroxyl groups is 1. The Kier molecular flexibility index (Phi) is 3.26. The second kappa shape index (κ2) is 5.12. The first-order valence-corrected chi connectivity index (χ1v) is 7.07. The molecule has 22 heavy (non-hydrogen) atoms. The summed E-state index contributed by atoms with van der Waals surface area (Å²) in [5, 5.41) is 19.8. The largest absolute Gasteiger partial charge is 0.507 e. The van der Waals surface area contributed by atoms with Crippen LogP contribution in [-0.4, -0.2) is 16.7 Å². The number of hydrogen-bond acceptors (Lipinski definition) is 4. The van der Waals surface area contributed by atoms with E-state index in [0.29, 0.717) is 12.0 Å². The zero-order chi connectivity index (χ0) is 15.9. The van der Waals surface area contributed by atoms with Crippen molar-refractivity contribution in [3.63, 3.8) is 0 Å². The molecular formula is C18H13NO3. The maximum absolute atomic E-state index is 12.7. The van der Waals surface area contributed by atoms with Gasteiger partial charge in [-0.3, -0.25) is 9.59 Å². The van der Waals surface area contributed by atoms with Crippen molar-refractivity contribution < 1.29 is 14.7 Å². The van der Waals surface area contributed by atoms with Gasteiger partial charge in [-0.1, -0.05) is 37.6 Å². The maximum atomic E-state index is 12.7. The predicted octanol–water partition coefficient (Wildman–Crippen LogP) is 2.99. The minimum Gasteiger partial charge on any atom is -0.507 e. The predicted molar refractivity (Wildman–Crippen MR) is 80.1 cm³/mol. The molecule has 0 aliphatic heterocycles. The lowest BCUT2D eigenvalue weighted by atomic mass is 9.80. The van der Waals surface area contributed by atoms with Gasteiger partial charge in [-0.15, -0.1) is 0 Å². The number of hydrogen-bond donors (Lipinski definition) is 1. The molecule has 0 spiro atoms. The van der Waals surface area contributed by atoms with Crippen LogP contribution in [0.25, 0.3) is 0 Å². The standard InChI is InChI=1S/C18H13NO3/c1-2-5-10-8-11(9-19)14-15(16(10)20)18(22)13-7-4-3-6-12(13)17(14)21/h3-4,6-8,20H,2,5H2,1H3. The molecule has 2 aromatic rings. The van der Waals surface area contributed by atoms with Crippen molar-refractivity contribution in [2.75, 3.05) is 0 Å². The molecule has 2 aromatic carbocycles. The summed E-state index contributed by atoms with van der Waals surface area (Å²) < 4.78 is 0. The summed E-state index contributed by atoms with van der Waals surface area (Å²) in [6, 6.07) is 9.97. The molecular weight excluding hydrogens is 278 g/mol. The first-order chi connectivity index (χ1) is 10.6. The summed E-state index contributed by atoms with van der Waals surface area (Å²) in [5.74, 6) is -0.971. The van der Waals surface area contributed by atoms with Crippen LogP contribution in [0.4, 0.5) is 0 Å². The summed E-state index contributed by atoms with van der Waals surface area (Å²) in [7, 11) is 0. The van der Waals surface area contributed by atoms with Crippen LogP contribution in [0.3, 0.4) is 0 Å². The number of nitrogens with zero attached hydrogens (tertiary/aromatic N) is 1. The lowest BCUT2D eigenvalue weighted by Crippen LogP contribution is -2.22. The highest BCUT2D eigenvalue weighted by molar-refractivity contribution is 6.30. The molecule has 3 rings (SSSR count). The Balaban J connectivity index is 2.37. The number of nitriles is 1. The molecule has 0 aromatic heterocycles. The van der Waals surface area contributed by atoms with Crippen molar-refractivity contribution in [2.24, 2.45) is 0 Å². The Hall–Kier alpha value is -2.93. The highest BCUT2D eigenvalue weighted by atomic mass is 16.3. The number of ketones is 2. The number of rotatable bonds is 2. The summed E-state index contributed by atoms with van der Waals surface area (Å²) in [4.78, 5) is 25.3. The number of aryl methyl sites for hydroxylation is 1. The van der Waals surface area contributed by atoms with Crippen molar-refractivity contribution >= 4 is 11.6 Å². The number of benzene rings is 2. The van der Waals surface area contributed by atoms with Gasteiger partial charge in [0.25, 0.3) is 0 Å². The molecule has 108 valence electrons. The van der Waals surface area contributed by atoms with E-state index in [2.05, 4.69) is 0 Å². The molecule has 0 heterocycles. The summed E-state index contributed by atoms with van der Waals surface area (Å²) in [5.41, 5.74) is 1.20. The van der Waals surface area contributed by atoms with Crippen LogP contribution in [0.2, 0.25) is 0 Å². The summed E-state index contributed by atoms with van der Waals surface area (Å²) in [6.07, 6.45) is 1.30. The lowest BCUT2D eigenvalue weighted by Gasteiger charge is -2.21. The highest BCUT2D eigenvalue weighted by Crippen LogP contribution is 2.37. The van der Waals surface area contributed by atoms with Crippen molar-refractivity contribution in [1.82, 2.24) is 0 Å². The van der Waals surface area contributed by atoms with Gasteiger partial charge in [0.1, 0.15) is 5.75 Å². The molecule has 1 aliphatic carbocycles. The molecule has 0 saturated heterocycles. The van der Waals surface area contributed by atoms with Gasteiger partial charge >= 0.3 is 0 Å². The van der Waals surface area contributed by atoms with Gasteiger partial charge in [-0.2, -0.15) is 5.26 Å². The molecule has 0 atom stereocenters. The Morgan fingerprint density at radius 2 is 1.68 bits per heavy atom. The van der Waals surface area contributed by atoms with Gasteiger partial charge < -0.3 is 5.11 Å². The van der Waals surface area contributed by atoms with Crippen LogP contribution >= 0.6 is 0 Å². The van der Waals surface area contributed by atoms with E-state index in [1.807, 2.05) is 13.0 Å². The molecule has 0 amide bonds. The Morgan fingerprint density at radius 1 is 1.09 bits per heavy atom. The molecule has 4 heteroatoms. The average molecular weight is 291 g/mol. The quantitative estimate of drug-likeness (QED) is 0.787. The van der Waals surface area contributed by atoms with Gasteiger partial charge in [0.2, 0.25) is 0 Å². The van der Waals surface area contributed by atoms with E-state index in [-0.39, 0.29) is 39.4 Å². The zero-order valence-electron chi connectivity index (χ0n) is 12.0. The fourth-order valence-corrected chi connectivity index (χ4v) is 2.88. The molecule has 4 nitrogen and oxygen atoms in total. The third-order valence-electron chi connectivity index (χ3n) is 3.89. The highest BCUT2D eigenvalue weighted by Gasteiger charge is 2.35. The van der Waals surface area contributed by atoms with Gasteiger partial charge in [-0.05, 0) is 18.1 Å². The number of carbonyl (C=O) groups excluding carboxylic acids is 2. The van der Waals surface area contributed by atoms with Gasteiger partial charge in [0.15, 0.2) is 11.6 Å². The minimum atomic E-state index is -0.405. The molecule has 0 unspecified atom stereocenters. The minimum absolute atomic E-state index is 0.0172. The van der Waals surface area contributed by atoms with Crippen molar-refractivity contribution in [3.05, 3.63) is 63.7 Å². The average Bonchev–Trinajstić information content (AvgIpc) is 2.54. The van der Waals surface area contributed by atoms with Gasteiger partial charge in [-0.25, -0.2) is 0 Å². The fraction of sp³-hybridized carbons (Fsp3) is 0.167. The van der Waals surface area contributed by atoms with Crippen LogP contribution in [0.5, 0.6) is 5.75 Å². The first kappa shape index (κ1) is 14.0. The van der Waals surface area contributed by atoms with Crippen LogP contribution in [0.1, 0.15) is 56.3 Å². The van der Waals surface area contributed by atoms with Crippen LogP contribution < -0.4 is 0 Å². The maximum Gasteiger partial charge on any atom is 0.198 e. The Bertz CT molecular complexity index is 859. The number of phenols is 1. The van der Waals surface area contributed by atoms with E-state index >= 15 is 0 Å². The molecule has 0 saturated carbocycles. The molecule has 1 aliphatic rings. The molecule has 1 N–H and O–H groups in total. The van der Waals surface area contributed by atoms with E-state index in [4.69, 9.17) is 0 Å². The third kappa shape index (κ3) is 1.83. The van der Waals surface area contributed by atoms with Gasteiger partial charge in [0, 0.05) is 11.1 Å². The first-order valence-electron chi connectivity index (χ1n) is 7.07. The second-order valence-electron chi connectivity index (χ2n) is 5.25. The van der Waals surface area contributed by atoms with E-state index in [0.717, 1.165) is 6.42 Å². The van der Waals surface area contributed by atoms with Crippen molar-refractivity contribution in [1.29, 1.82) is 5.26 Å². The van der Waals surface area contributed by atoms with Crippen LogP contribution in [-0.2, 0) is 6.42 Å². The fourth-order valence-electron chi connectivity index (χ4n) is 2.88. The molecule has 0 bridgehead atoms. The lowest BCUT2D eigenvalue weighted by molar-refractivity contribution is 0.0976. The SMILES string of the molecule is CCCc1cc(C#N)c2c(c1O)C(=O)c1ccccc1C2=O. The van der Waals surface area contributed by atoms with E-state index < -0.39 is 5.78 Å². The smallest absolute Gasteiger partial charge is 0.198 e. The van der Waals surface area contributed by atoms with Crippen molar-refractivity contribution in [3.8, 4) is 11.8 Å².